The molecule has 0 radical (unpaired) electrons. The van der Waals surface area contributed by atoms with Crippen LogP contribution in [0, 0.1) is 0 Å². The van der Waals surface area contributed by atoms with Crippen LogP contribution in [0.1, 0.15) is 77.7 Å². The third-order valence-electron chi connectivity index (χ3n) is 5.88. The first-order valence-corrected chi connectivity index (χ1v) is 11.5. The van der Waals surface area contributed by atoms with Crippen LogP contribution in [-0.4, -0.2) is 18.1 Å². The van der Waals surface area contributed by atoms with Gasteiger partial charge >= 0.3 is 0 Å². The Labute approximate surface area is 181 Å². The third-order valence-corrected chi connectivity index (χ3v) is 5.88. The summed E-state index contributed by atoms with van der Waals surface area (Å²) in [6.07, 6.45) is 12.3. The van der Waals surface area contributed by atoms with Crippen LogP contribution in [-0.2, 0) is 4.79 Å². The van der Waals surface area contributed by atoms with Crippen molar-refractivity contribution in [2.24, 2.45) is 0 Å². The van der Waals surface area contributed by atoms with Crippen LogP contribution in [0.3, 0.4) is 0 Å². The van der Waals surface area contributed by atoms with Crippen LogP contribution in [0.2, 0.25) is 0 Å². The molecule has 0 saturated carbocycles. The molecule has 1 aliphatic heterocycles. The molecule has 0 bridgehead atoms. The third kappa shape index (κ3) is 5.63. The highest BCUT2D eigenvalue weighted by molar-refractivity contribution is 6.04. The molecule has 2 aromatic rings. The summed E-state index contributed by atoms with van der Waals surface area (Å²) in [4.78, 5) is 12.2. The largest absolute Gasteiger partial charge is 0.493 e. The van der Waals surface area contributed by atoms with E-state index in [4.69, 9.17) is 4.74 Å². The molecule has 0 aromatic heterocycles. The van der Waals surface area contributed by atoms with Crippen LogP contribution in [0.5, 0.6) is 5.75 Å². The van der Waals surface area contributed by atoms with E-state index < -0.39 is 5.54 Å². The summed E-state index contributed by atoms with van der Waals surface area (Å²) in [6.45, 7) is 7.01. The molecule has 162 valence electrons. The topological polar surface area (TPSA) is 50.4 Å². The second-order valence-electron chi connectivity index (χ2n) is 8.78. The van der Waals surface area contributed by atoms with Gasteiger partial charge in [0.2, 0.25) is 0 Å². The molecule has 2 N–H and O–H groups in total. The zero-order valence-electron chi connectivity index (χ0n) is 18.7. The Kier molecular flexibility index (Phi) is 7.92. The lowest BCUT2D eigenvalue weighted by Crippen LogP contribution is -2.38. The highest BCUT2D eigenvalue weighted by Crippen LogP contribution is 2.32. The molecule has 1 fully saturated rings. The minimum Gasteiger partial charge on any atom is -0.493 e. The number of rotatable bonds is 11. The van der Waals surface area contributed by atoms with Gasteiger partial charge in [-0.2, -0.15) is 0 Å². The van der Waals surface area contributed by atoms with E-state index in [0.717, 1.165) is 40.7 Å². The predicted molar refractivity (Wildman–Crippen MR) is 125 cm³/mol. The Balaban J connectivity index is 1.63. The number of benzene rings is 2. The van der Waals surface area contributed by atoms with Gasteiger partial charge in [0.25, 0.3) is 5.91 Å². The predicted octanol–water partition coefficient (Wildman–Crippen LogP) is 6.16. The number of hydrazine groups is 1. The fourth-order valence-corrected chi connectivity index (χ4v) is 4.00. The highest BCUT2D eigenvalue weighted by atomic mass is 16.5. The van der Waals surface area contributed by atoms with Crippen molar-refractivity contribution in [3.63, 3.8) is 0 Å². The van der Waals surface area contributed by atoms with E-state index in [-0.39, 0.29) is 5.91 Å². The monoisotopic (exact) mass is 408 g/mol. The summed E-state index contributed by atoms with van der Waals surface area (Å²) in [6, 6.07) is 12.4. The van der Waals surface area contributed by atoms with E-state index in [2.05, 4.69) is 36.0 Å². The lowest BCUT2D eigenvalue weighted by atomic mass is 9.92. The highest BCUT2D eigenvalue weighted by Gasteiger charge is 2.35. The number of nitrogens with one attached hydrogen (secondary N) is 2. The quantitative estimate of drug-likeness (QED) is 0.346. The molecule has 0 unspecified atom stereocenters. The van der Waals surface area contributed by atoms with Crippen molar-refractivity contribution >= 4 is 22.8 Å². The van der Waals surface area contributed by atoms with Crippen molar-refractivity contribution in [1.29, 1.82) is 0 Å². The van der Waals surface area contributed by atoms with Crippen molar-refractivity contribution in [2.45, 2.75) is 77.7 Å². The van der Waals surface area contributed by atoms with Gasteiger partial charge in [-0.3, -0.25) is 10.2 Å². The summed E-state index contributed by atoms with van der Waals surface area (Å²) in [5.41, 5.74) is 7.13. The number of fused-ring (bicyclic) bond motifs is 1. The molecule has 4 nitrogen and oxygen atoms in total. The molecule has 1 heterocycles. The van der Waals surface area contributed by atoms with Crippen molar-refractivity contribution in [2.75, 3.05) is 6.61 Å². The number of unbranched alkanes of at least 4 members (excludes halogenated alkanes) is 7. The summed E-state index contributed by atoms with van der Waals surface area (Å²) >= 11 is 0. The zero-order chi connectivity index (χ0) is 21.4. The number of hydrogen-bond donors (Lipinski definition) is 2. The van der Waals surface area contributed by atoms with E-state index in [0.29, 0.717) is 0 Å². The SMILES string of the molecule is CCCCCCCCCCOc1ccc(/C=C2\C(=O)NNC2(C)C)c2ccccc12. The minimum absolute atomic E-state index is 0.0703. The Morgan fingerprint density at radius 2 is 1.57 bits per heavy atom. The molecular weight excluding hydrogens is 372 g/mol. The Morgan fingerprint density at radius 3 is 2.23 bits per heavy atom. The van der Waals surface area contributed by atoms with Crippen LogP contribution >= 0.6 is 0 Å². The zero-order valence-corrected chi connectivity index (χ0v) is 18.7. The molecule has 2 aromatic carbocycles. The molecule has 30 heavy (non-hydrogen) atoms. The van der Waals surface area contributed by atoms with Crippen molar-refractivity contribution in [3.05, 3.63) is 47.5 Å². The van der Waals surface area contributed by atoms with Crippen LogP contribution in [0.25, 0.3) is 16.8 Å². The number of carbonyl (C=O) groups is 1. The van der Waals surface area contributed by atoms with E-state index in [9.17, 15) is 4.79 Å². The van der Waals surface area contributed by atoms with Crippen LogP contribution in [0.15, 0.2) is 42.0 Å². The number of ether oxygens (including phenoxy) is 1. The molecule has 0 atom stereocenters. The molecule has 1 aliphatic rings. The molecule has 4 heteroatoms. The maximum Gasteiger partial charge on any atom is 0.263 e. The lowest BCUT2D eigenvalue weighted by molar-refractivity contribution is -0.116. The number of hydrogen-bond acceptors (Lipinski definition) is 3. The van der Waals surface area contributed by atoms with Gasteiger partial charge in [-0.1, -0.05) is 82.2 Å². The van der Waals surface area contributed by atoms with Gasteiger partial charge in [-0.05, 0) is 43.4 Å². The molecule has 3 rings (SSSR count). The normalized spacial score (nSPS) is 16.9. The van der Waals surface area contributed by atoms with E-state index in [1.165, 1.54) is 44.9 Å². The average molecular weight is 409 g/mol. The first-order valence-electron chi connectivity index (χ1n) is 11.5. The fourth-order valence-electron chi connectivity index (χ4n) is 4.00. The van der Waals surface area contributed by atoms with Crippen LogP contribution in [0.4, 0.5) is 0 Å². The Hall–Kier alpha value is -2.33. The molecule has 1 saturated heterocycles. The molecule has 1 amide bonds. The summed E-state index contributed by atoms with van der Waals surface area (Å²) < 4.78 is 6.14. The molecule has 0 aliphatic carbocycles. The Bertz CT molecular complexity index is 886. The maximum absolute atomic E-state index is 12.2. The van der Waals surface area contributed by atoms with Crippen molar-refractivity contribution in [3.8, 4) is 5.75 Å². The fraction of sp³-hybridized carbons (Fsp3) is 0.500. The Morgan fingerprint density at radius 1 is 0.900 bits per heavy atom. The van der Waals surface area contributed by atoms with Gasteiger partial charge in [-0.15, -0.1) is 0 Å². The first-order chi connectivity index (χ1) is 14.5. The number of amides is 1. The van der Waals surface area contributed by atoms with Gasteiger partial charge in [0.05, 0.1) is 12.1 Å². The second-order valence-corrected chi connectivity index (χ2v) is 8.78. The average Bonchev–Trinajstić information content (AvgIpc) is 3.00. The van der Waals surface area contributed by atoms with E-state index in [1.807, 2.05) is 38.1 Å². The minimum atomic E-state index is -0.399. The summed E-state index contributed by atoms with van der Waals surface area (Å²) in [7, 11) is 0. The summed E-state index contributed by atoms with van der Waals surface area (Å²) in [5, 5.41) is 2.20. The number of carbonyl (C=O) groups excluding carboxylic acids is 1. The van der Waals surface area contributed by atoms with Crippen molar-refractivity contribution in [1.82, 2.24) is 10.9 Å². The lowest BCUT2D eigenvalue weighted by Gasteiger charge is -2.17. The smallest absolute Gasteiger partial charge is 0.263 e. The molecule has 0 spiro atoms. The maximum atomic E-state index is 12.2. The summed E-state index contributed by atoms with van der Waals surface area (Å²) in [5.74, 6) is 0.850. The van der Waals surface area contributed by atoms with Crippen molar-refractivity contribution < 1.29 is 9.53 Å². The van der Waals surface area contributed by atoms with Gasteiger partial charge in [0, 0.05) is 11.0 Å². The van der Waals surface area contributed by atoms with Gasteiger partial charge in [0.1, 0.15) is 5.75 Å². The molecular formula is C26H36N2O2. The van der Waals surface area contributed by atoms with E-state index in [1.54, 1.807) is 0 Å². The van der Waals surface area contributed by atoms with Gasteiger partial charge in [0.15, 0.2) is 0 Å². The second kappa shape index (κ2) is 10.6. The van der Waals surface area contributed by atoms with Gasteiger partial charge < -0.3 is 4.74 Å². The standard InChI is InChI=1S/C26H36N2O2/c1-4-5-6-7-8-9-10-13-18-30-24-17-16-20(21-14-11-12-15-22(21)24)19-23-25(29)27-28-26(23,2)3/h11-12,14-17,19,28H,4-10,13,18H2,1-3H3,(H,27,29)/b23-19+. The van der Waals surface area contributed by atoms with Crippen LogP contribution < -0.4 is 15.6 Å². The van der Waals surface area contributed by atoms with Gasteiger partial charge in [-0.25, -0.2) is 5.43 Å². The van der Waals surface area contributed by atoms with E-state index >= 15 is 0 Å². The first kappa shape index (κ1) is 22.4.